The van der Waals surface area contributed by atoms with E-state index in [1.165, 1.54) is 22.6 Å². The smallest absolute Gasteiger partial charge is 0.224 e. The lowest BCUT2D eigenvalue weighted by atomic mass is 9.95. The molecule has 0 radical (unpaired) electrons. The zero-order valence-electron chi connectivity index (χ0n) is 16.9. The predicted molar refractivity (Wildman–Crippen MR) is 115 cm³/mol. The Morgan fingerprint density at radius 3 is 2.73 bits per heavy atom. The SMILES string of the molecule is Cc1sc2ncnc(N3CCC(C(=O)NC(C#N)c4ccccc4F)CC3)c2c1C. The topological polar surface area (TPSA) is 81.9 Å². The summed E-state index contributed by atoms with van der Waals surface area (Å²) in [5.74, 6) is 0.00157. The Kier molecular flexibility index (Phi) is 5.64. The van der Waals surface area contributed by atoms with Crippen LogP contribution in [-0.4, -0.2) is 29.0 Å². The van der Waals surface area contributed by atoms with Gasteiger partial charge < -0.3 is 10.2 Å². The highest BCUT2D eigenvalue weighted by molar-refractivity contribution is 7.18. The van der Waals surface area contributed by atoms with Gasteiger partial charge in [0.2, 0.25) is 5.91 Å². The first kappa shape index (κ1) is 20.2. The summed E-state index contributed by atoms with van der Waals surface area (Å²) in [6, 6.07) is 7.04. The highest BCUT2D eigenvalue weighted by Crippen LogP contribution is 2.35. The minimum Gasteiger partial charge on any atom is -0.356 e. The highest BCUT2D eigenvalue weighted by atomic mass is 32.1. The van der Waals surface area contributed by atoms with Crippen molar-refractivity contribution in [1.29, 1.82) is 5.26 Å². The fourth-order valence-electron chi connectivity index (χ4n) is 3.91. The number of thiophene rings is 1. The van der Waals surface area contributed by atoms with Crippen molar-refractivity contribution in [2.45, 2.75) is 32.7 Å². The number of fused-ring (bicyclic) bond motifs is 1. The number of nitrogens with zero attached hydrogens (tertiary/aromatic N) is 4. The van der Waals surface area contributed by atoms with Crippen LogP contribution < -0.4 is 10.2 Å². The second-order valence-electron chi connectivity index (χ2n) is 7.51. The second kappa shape index (κ2) is 8.36. The number of nitriles is 1. The van der Waals surface area contributed by atoms with Gasteiger partial charge in [0.15, 0.2) is 0 Å². The lowest BCUT2D eigenvalue weighted by Crippen LogP contribution is -2.41. The number of hydrogen-bond acceptors (Lipinski definition) is 6. The molecule has 1 unspecified atom stereocenters. The zero-order chi connectivity index (χ0) is 21.3. The number of aryl methyl sites for hydroxylation is 2. The van der Waals surface area contributed by atoms with Crippen LogP contribution in [0.1, 0.15) is 34.9 Å². The fraction of sp³-hybridized carbons (Fsp3) is 0.364. The van der Waals surface area contributed by atoms with Gasteiger partial charge in [-0.25, -0.2) is 14.4 Å². The molecule has 2 aromatic heterocycles. The summed E-state index contributed by atoms with van der Waals surface area (Å²) in [5, 5.41) is 13.2. The summed E-state index contributed by atoms with van der Waals surface area (Å²) >= 11 is 1.67. The van der Waals surface area contributed by atoms with E-state index < -0.39 is 11.9 Å². The largest absolute Gasteiger partial charge is 0.356 e. The van der Waals surface area contributed by atoms with E-state index in [2.05, 4.69) is 34.0 Å². The number of amides is 1. The third-order valence-corrected chi connectivity index (χ3v) is 6.86. The van der Waals surface area contributed by atoms with Gasteiger partial charge in [0, 0.05) is 29.4 Å². The van der Waals surface area contributed by atoms with Crippen LogP contribution in [0.3, 0.4) is 0 Å². The maximum absolute atomic E-state index is 14.0. The Morgan fingerprint density at radius 1 is 1.30 bits per heavy atom. The molecule has 1 fully saturated rings. The average Bonchev–Trinajstić information content (AvgIpc) is 3.06. The molecule has 0 saturated carbocycles. The maximum atomic E-state index is 14.0. The number of rotatable bonds is 4. The molecule has 154 valence electrons. The van der Waals surface area contributed by atoms with Gasteiger partial charge in [0.05, 0.1) is 11.5 Å². The van der Waals surface area contributed by atoms with E-state index in [4.69, 9.17) is 0 Å². The van der Waals surface area contributed by atoms with Gasteiger partial charge in [-0.3, -0.25) is 4.79 Å². The average molecular weight is 424 g/mol. The third kappa shape index (κ3) is 3.73. The van der Waals surface area contributed by atoms with Gasteiger partial charge >= 0.3 is 0 Å². The molecule has 0 spiro atoms. The van der Waals surface area contributed by atoms with Crippen LogP contribution in [0.15, 0.2) is 30.6 Å². The Hall–Kier alpha value is -3.05. The van der Waals surface area contributed by atoms with Crippen molar-refractivity contribution < 1.29 is 9.18 Å². The molecule has 1 atom stereocenters. The lowest BCUT2D eigenvalue weighted by molar-refractivity contribution is -0.126. The molecule has 8 heteroatoms. The van der Waals surface area contributed by atoms with Crippen molar-refractivity contribution in [3.05, 3.63) is 52.4 Å². The van der Waals surface area contributed by atoms with Crippen molar-refractivity contribution >= 4 is 33.3 Å². The van der Waals surface area contributed by atoms with E-state index in [9.17, 15) is 14.4 Å². The molecular formula is C22H22FN5OS. The quantitative estimate of drug-likeness (QED) is 0.685. The van der Waals surface area contributed by atoms with Crippen molar-refractivity contribution in [3.8, 4) is 6.07 Å². The molecule has 1 aliphatic heterocycles. The highest BCUT2D eigenvalue weighted by Gasteiger charge is 2.29. The van der Waals surface area contributed by atoms with Crippen LogP contribution in [0.4, 0.5) is 10.2 Å². The molecule has 1 aliphatic rings. The molecule has 1 N–H and O–H groups in total. The number of piperidine rings is 1. The third-order valence-electron chi connectivity index (χ3n) is 5.74. The van der Waals surface area contributed by atoms with Gasteiger partial charge in [0.1, 0.15) is 28.8 Å². The summed E-state index contributed by atoms with van der Waals surface area (Å²) in [4.78, 5) is 26.1. The van der Waals surface area contributed by atoms with Crippen LogP contribution in [0.5, 0.6) is 0 Å². The number of anilines is 1. The van der Waals surface area contributed by atoms with Gasteiger partial charge in [0.25, 0.3) is 0 Å². The Labute approximate surface area is 178 Å². The van der Waals surface area contributed by atoms with E-state index in [0.29, 0.717) is 25.9 Å². The first-order valence-electron chi connectivity index (χ1n) is 9.89. The molecule has 30 heavy (non-hydrogen) atoms. The number of nitrogens with one attached hydrogen (secondary N) is 1. The zero-order valence-corrected chi connectivity index (χ0v) is 17.7. The van der Waals surface area contributed by atoms with Crippen LogP contribution in [0.2, 0.25) is 0 Å². The first-order chi connectivity index (χ1) is 14.5. The van der Waals surface area contributed by atoms with Gasteiger partial charge in [-0.1, -0.05) is 18.2 Å². The first-order valence-corrected chi connectivity index (χ1v) is 10.7. The number of benzene rings is 1. The number of aromatic nitrogens is 2. The molecule has 1 amide bonds. The Bertz CT molecular complexity index is 1130. The standard InChI is InChI=1S/C22H22FN5OS/c1-13-14(2)30-22-19(13)20(25-12-26-22)28-9-7-15(8-10-28)21(29)27-18(11-24)16-5-3-4-6-17(16)23/h3-6,12,15,18H,7-10H2,1-2H3,(H,27,29). The normalized spacial score (nSPS) is 15.7. The van der Waals surface area contributed by atoms with Gasteiger partial charge in [-0.15, -0.1) is 11.3 Å². The second-order valence-corrected chi connectivity index (χ2v) is 8.72. The lowest BCUT2D eigenvalue weighted by Gasteiger charge is -2.32. The number of carbonyl (C=O) groups excluding carboxylic acids is 1. The van der Waals surface area contributed by atoms with Crippen LogP contribution in [-0.2, 0) is 4.79 Å². The Morgan fingerprint density at radius 2 is 2.03 bits per heavy atom. The molecule has 0 bridgehead atoms. The van der Waals surface area contributed by atoms with Crippen molar-refractivity contribution in [2.75, 3.05) is 18.0 Å². The van der Waals surface area contributed by atoms with Gasteiger partial charge in [-0.05, 0) is 38.3 Å². The summed E-state index contributed by atoms with van der Waals surface area (Å²) in [6.45, 7) is 5.56. The van der Waals surface area contributed by atoms with E-state index in [0.717, 1.165) is 16.0 Å². The number of hydrogen-bond donors (Lipinski definition) is 1. The fourth-order valence-corrected chi connectivity index (χ4v) is 4.90. The van der Waals surface area contributed by atoms with Crippen molar-refractivity contribution in [2.24, 2.45) is 5.92 Å². The van der Waals surface area contributed by atoms with E-state index in [-0.39, 0.29) is 17.4 Å². The van der Waals surface area contributed by atoms with E-state index >= 15 is 0 Å². The molecular weight excluding hydrogens is 401 g/mol. The predicted octanol–water partition coefficient (Wildman–Crippen LogP) is 4.04. The number of carbonyl (C=O) groups is 1. The molecule has 1 aromatic carbocycles. The van der Waals surface area contributed by atoms with Crippen LogP contribution >= 0.6 is 11.3 Å². The summed E-state index contributed by atoms with van der Waals surface area (Å²) < 4.78 is 14.0. The van der Waals surface area contributed by atoms with E-state index in [1.54, 1.807) is 29.8 Å². The molecule has 3 aromatic rings. The molecule has 3 heterocycles. The maximum Gasteiger partial charge on any atom is 0.224 e. The summed E-state index contributed by atoms with van der Waals surface area (Å²) in [6.07, 6.45) is 2.89. The minimum atomic E-state index is -0.991. The van der Waals surface area contributed by atoms with Crippen molar-refractivity contribution in [3.63, 3.8) is 0 Å². The van der Waals surface area contributed by atoms with Gasteiger partial charge in [-0.2, -0.15) is 5.26 Å². The summed E-state index contributed by atoms with van der Waals surface area (Å²) in [5.41, 5.74) is 1.39. The van der Waals surface area contributed by atoms with E-state index in [1.807, 2.05) is 6.07 Å². The molecule has 4 rings (SSSR count). The summed E-state index contributed by atoms with van der Waals surface area (Å²) in [7, 11) is 0. The molecule has 0 aliphatic carbocycles. The minimum absolute atomic E-state index is 0.192. The Balaban J connectivity index is 1.44. The molecule has 1 saturated heterocycles. The van der Waals surface area contributed by atoms with Crippen molar-refractivity contribution in [1.82, 2.24) is 15.3 Å². The van der Waals surface area contributed by atoms with Crippen LogP contribution in [0, 0.1) is 36.9 Å². The monoisotopic (exact) mass is 423 g/mol. The molecule has 6 nitrogen and oxygen atoms in total. The number of halogens is 1. The van der Waals surface area contributed by atoms with Crippen LogP contribution in [0.25, 0.3) is 10.2 Å².